The molecule has 0 fully saturated rings. The van der Waals surface area contributed by atoms with Crippen LogP contribution in [-0.4, -0.2) is 16.1 Å². The first-order chi connectivity index (χ1) is 7.17. The molecule has 1 aromatic rings. The molecule has 0 saturated heterocycles. The molecular formula is C9H14N4OS. The number of nitrogens with zero attached hydrogens (tertiary/aromatic N) is 1. The fourth-order valence-corrected chi connectivity index (χ4v) is 1.97. The average Bonchev–Trinajstić information content (AvgIpc) is 2.27. The molecule has 0 radical (unpaired) electrons. The standard InChI is InChI=1S/C9H14N4OS/c1-2-7(9(14)13-11)15-6-3-4-8(10)12-5-6/h3-5,7H,2,11H2,1H3,(H2,10,12)(H,13,14). The maximum absolute atomic E-state index is 11.3. The predicted octanol–water partition coefficient (Wildman–Crippen LogP) is 0.524. The number of aromatic nitrogens is 1. The van der Waals surface area contributed by atoms with Crippen molar-refractivity contribution < 1.29 is 4.79 Å². The molecule has 1 unspecified atom stereocenters. The van der Waals surface area contributed by atoms with E-state index >= 15 is 0 Å². The summed E-state index contributed by atoms with van der Waals surface area (Å²) in [5, 5.41) is -0.194. The quantitative estimate of drug-likeness (QED) is 0.301. The number of nitrogen functional groups attached to an aromatic ring is 1. The summed E-state index contributed by atoms with van der Waals surface area (Å²) in [5.41, 5.74) is 7.60. The Morgan fingerprint density at radius 1 is 1.67 bits per heavy atom. The molecule has 0 aliphatic rings. The van der Waals surface area contributed by atoms with Gasteiger partial charge in [0.2, 0.25) is 5.91 Å². The molecule has 0 spiro atoms. The fourth-order valence-electron chi connectivity index (χ4n) is 1.04. The zero-order valence-electron chi connectivity index (χ0n) is 8.43. The molecule has 0 aliphatic heterocycles. The Balaban J connectivity index is 2.66. The number of hydrogen-bond donors (Lipinski definition) is 3. The number of nitrogens with one attached hydrogen (secondary N) is 1. The molecule has 5 nitrogen and oxygen atoms in total. The van der Waals surface area contributed by atoms with Gasteiger partial charge in [0.05, 0.1) is 5.25 Å². The smallest absolute Gasteiger partial charge is 0.247 e. The SMILES string of the molecule is CCC(Sc1ccc(N)nc1)C(=O)NN. The van der Waals surface area contributed by atoms with Crippen LogP contribution in [0.4, 0.5) is 5.82 Å². The summed E-state index contributed by atoms with van der Waals surface area (Å²) in [6.45, 7) is 1.93. The highest BCUT2D eigenvalue weighted by atomic mass is 32.2. The highest BCUT2D eigenvalue weighted by Crippen LogP contribution is 2.24. The van der Waals surface area contributed by atoms with Gasteiger partial charge in [0.1, 0.15) is 5.82 Å². The number of nitrogens with two attached hydrogens (primary N) is 2. The second kappa shape index (κ2) is 5.57. The van der Waals surface area contributed by atoms with E-state index < -0.39 is 0 Å². The second-order valence-corrected chi connectivity index (χ2v) is 4.22. The molecule has 6 heteroatoms. The molecular weight excluding hydrogens is 212 g/mol. The molecule has 0 aliphatic carbocycles. The Morgan fingerprint density at radius 3 is 2.87 bits per heavy atom. The fraction of sp³-hybridized carbons (Fsp3) is 0.333. The number of amides is 1. The van der Waals surface area contributed by atoms with Crippen molar-refractivity contribution in [3.8, 4) is 0 Å². The lowest BCUT2D eigenvalue weighted by Gasteiger charge is -2.11. The van der Waals surface area contributed by atoms with E-state index in [2.05, 4.69) is 10.4 Å². The number of hydrazine groups is 1. The van der Waals surface area contributed by atoms with Crippen LogP contribution in [0.5, 0.6) is 0 Å². The van der Waals surface area contributed by atoms with Gasteiger partial charge < -0.3 is 5.73 Å². The van der Waals surface area contributed by atoms with Crippen LogP contribution in [0.3, 0.4) is 0 Å². The van der Waals surface area contributed by atoms with Crippen molar-refractivity contribution in [3.63, 3.8) is 0 Å². The van der Waals surface area contributed by atoms with Crippen molar-refractivity contribution in [1.29, 1.82) is 0 Å². The van der Waals surface area contributed by atoms with Crippen molar-refractivity contribution in [3.05, 3.63) is 18.3 Å². The van der Waals surface area contributed by atoms with Gasteiger partial charge in [-0.25, -0.2) is 10.8 Å². The number of carbonyl (C=O) groups is 1. The highest BCUT2D eigenvalue weighted by Gasteiger charge is 2.16. The van der Waals surface area contributed by atoms with Gasteiger partial charge >= 0.3 is 0 Å². The first-order valence-electron chi connectivity index (χ1n) is 4.56. The molecule has 15 heavy (non-hydrogen) atoms. The maximum Gasteiger partial charge on any atom is 0.247 e. The molecule has 1 rings (SSSR count). The number of hydrogen-bond acceptors (Lipinski definition) is 5. The van der Waals surface area contributed by atoms with Crippen LogP contribution in [0.2, 0.25) is 0 Å². The summed E-state index contributed by atoms with van der Waals surface area (Å²) in [6.07, 6.45) is 2.35. The van der Waals surface area contributed by atoms with Crippen molar-refractivity contribution in [1.82, 2.24) is 10.4 Å². The third-order valence-corrected chi connectivity index (χ3v) is 3.19. The van der Waals surface area contributed by atoms with Gasteiger partial charge in [-0.2, -0.15) is 0 Å². The van der Waals surface area contributed by atoms with Crippen LogP contribution in [0.25, 0.3) is 0 Å². The van der Waals surface area contributed by atoms with Gasteiger partial charge in [0.15, 0.2) is 0 Å². The first-order valence-corrected chi connectivity index (χ1v) is 5.44. The summed E-state index contributed by atoms with van der Waals surface area (Å²) in [5.74, 6) is 5.36. The summed E-state index contributed by atoms with van der Waals surface area (Å²) >= 11 is 1.42. The predicted molar refractivity (Wildman–Crippen MR) is 60.9 cm³/mol. The molecule has 1 atom stereocenters. The van der Waals surface area contributed by atoms with E-state index in [1.165, 1.54) is 11.8 Å². The van der Waals surface area contributed by atoms with E-state index in [0.717, 1.165) is 4.90 Å². The summed E-state index contributed by atoms with van der Waals surface area (Å²) < 4.78 is 0. The van der Waals surface area contributed by atoms with Gasteiger partial charge in [0, 0.05) is 11.1 Å². The van der Waals surface area contributed by atoms with Crippen LogP contribution in [0.1, 0.15) is 13.3 Å². The lowest BCUT2D eigenvalue weighted by molar-refractivity contribution is -0.120. The molecule has 0 aromatic carbocycles. The minimum absolute atomic E-state index is 0.181. The van der Waals surface area contributed by atoms with Crippen LogP contribution in [0, 0.1) is 0 Å². The average molecular weight is 226 g/mol. The maximum atomic E-state index is 11.3. The van der Waals surface area contributed by atoms with E-state index in [1.807, 2.05) is 13.0 Å². The zero-order valence-corrected chi connectivity index (χ0v) is 9.25. The summed E-state index contributed by atoms with van der Waals surface area (Å²) in [4.78, 5) is 16.2. The van der Waals surface area contributed by atoms with Crippen molar-refractivity contribution in [2.24, 2.45) is 5.84 Å². The molecule has 1 amide bonds. The third kappa shape index (κ3) is 3.41. The third-order valence-electron chi connectivity index (χ3n) is 1.84. The number of anilines is 1. The second-order valence-electron chi connectivity index (χ2n) is 2.94. The van der Waals surface area contributed by atoms with E-state index in [9.17, 15) is 4.79 Å². The molecule has 1 heterocycles. The van der Waals surface area contributed by atoms with Crippen molar-refractivity contribution in [2.75, 3.05) is 5.73 Å². The topological polar surface area (TPSA) is 94.0 Å². The molecule has 82 valence electrons. The zero-order chi connectivity index (χ0) is 11.3. The number of pyridine rings is 1. The number of carbonyl (C=O) groups excluding carboxylic acids is 1. The van der Waals surface area contributed by atoms with Crippen molar-refractivity contribution >= 4 is 23.5 Å². The Hall–Kier alpha value is -1.27. The normalized spacial score (nSPS) is 12.1. The Labute approximate surface area is 92.6 Å². The molecule has 1 aromatic heterocycles. The van der Waals surface area contributed by atoms with Gasteiger partial charge in [0.25, 0.3) is 0 Å². The van der Waals surface area contributed by atoms with Gasteiger partial charge in [-0.05, 0) is 18.6 Å². The van der Waals surface area contributed by atoms with E-state index in [4.69, 9.17) is 11.6 Å². The lowest BCUT2D eigenvalue weighted by Crippen LogP contribution is -2.37. The van der Waals surface area contributed by atoms with Crippen LogP contribution >= 0.6 is 11.8 Å². The van der Waals surface area contributed by atoms with Crippen LogP contribution in [-0.2, 0) is 4.79 Å². The Morgan fingerprint density at radius 2 is 2.40 bits per heavy atom. The number of thioether (sulfide) groups is 1. The van der Waals surface area contributed by atoms with E-state index in [-0.39, 0.29) is 11.2 Å². The highest BCUT2D eigenvalue weighted by molar-refractivity contribution is 8.00. The van der Waals surface area contributed by atoms with Crippen LogP contribution in [0.15, 0.2) is 23.2 Å². The minimum atomic E-state index is -0.194. The minimum Gasteiger partial charge on any atom is -0.384 e. The largest absolute Gasteiger partial charge is 0.384 e. The van der Waals surface area contributed by atoms with Gasteiger partial charge in [-0.1, -0.05) is 6.92 Å². The molecule has 5 N–H and O–H groups in total. The Bertz CT molecular complexity index is 327. The van der Waals surface area contributed by atoms with Gasteiger partial charge in [-0.3, -0.25) is 10.2 Å². The summed E-state index contributed by atoms with van der Waals surface area (Å²) in [7, 11) is 0. The monoisotopic (exact) mass is 226 g/mol. The Kier molecular flexibility index (Phi) is 4.38. The van der Waals surface area contributed by atoms with Crippen LogP contribution < -0.4 is 17.0 Å². The lowest BCUT2D eigenvalue weighted by atomic mass is 10.3. The molecule has 0 saturated carbocycles. The van der Waals surface area contributed by atoms with E-state index in [0.29, 0.717) is 12.2 Å². The summed E-state index contributed by atoms with van der Waals surface area (Å²) in [6, 6.07) is 3.54. The first kappa shape index (κ1) is 11.8. The van der Waals surface area contributed by atoms with Gasteiger partial charge in [-0.15, -0.1) is 11.8 Å². The number of rotatable bonds is 4. The van der Waals surface area contributed by atoms with Crippen molar-refractivity contribution in [2.45, 2.75) is 23.5 Å². The molecule has 0 bridgehead atoms. The van der Waals surface area contributed by atoms with E-state index in [1.54, 1.807) is 12.3 Å².